The van der Waals surface area contributed by atoms with Crippen LogP contribution in [-0.4, -0.2) is 27.8 Å². The van der Waals surface area contributed by atoms with E-state index in [1.54, 1.807) is 0 Å². The molecule has 1 rings (SSSR count). The van der Waals surface area contributed by atoms with Crippen LogP contribution in [0.25, 0.3) is 0 Å². The highest BCUT2D eigenvalue weighted by atomic mass is 16.4. The van der Waals surface area contributed by atoms with Crippen LogP contribution >= 0.6 is 0 Å². The molecule has 0 radical (unpaired) electrons. The molecular weight excluding hydrogens is 254 g/mol. The van der Waals surface area contributed by atoms with Crippen LogP contribution in [0.15, 0.2) is 24.3 Å². The number of nitrogens with one attached hydrogen (secondary N) is 1. The molecule has 0 spiro atoms. The van der Waals surface area contributed by atoms with Crippen LogP contribution in [0.4, 0.5) is 0 Å². The fourth-order valence-corrected chi connectivity index (χ4v) is 2.14. The van der Waals surface area contributed by atoms with E-state index in [1.807, 2.05) is 52.0 Å². The third kappa shape index (κ3) is 5.72. The fraction of sp³-hybridized carbons (Fsp3) is 0.562. The van der Waals surface area contributed by atoms with Gasteiger partial charge in [-0.2, -0.15) is 0 Å². The van der Waals surface area contributed by atoms with Gasteiger partial charge in [0.15, 0.2) is 0 Å². The zero-order valence-corrected chi connectivity index (χ0v) is 12.7. The van der Waals surface area contributed by atoms with Crippen LogP contribution in [0.3, 0.4) is 0 Å². The Morgan fingerprint density at radius 3 is 2.25 bits per heavy atom. The van der Waals surface area contributed by atoms with Gasteiger partial charge in [0.2, 0.25) is 0 Å². The van der Waals surface area contributed by atoms with Crippen molar-refractivity contribution in [1.82, 2.24) is 5.32 Å². The molecule has 1 aromatic rings. The molecule has 2 unspecified atom stereocenters. The van der Waals surface area contributed by atoms with Gasteiger partial charge in [-0.15, -0.1) is 0 Å². The smallest absolute Gasteiger partial charge is 0.303 e. The lowest BCUT2D eigenvalue weighted by molar-refractivity contribution is -0.137. The summed E-state index contributed by atoms with van der Waals surface area (Å²) in [4.78, 5) is 10.8. The summed E-state index contributed by atoms with van der Waals surface area (Å²) in [6, 6.07) is 7.39. The molecule has 0 aliphatic rings. The summed E-state index contributed by atoms with van der Waals surface area (Å²) in [5.74, 6) is -0.846. The Morgan fingerprint density at radius 1 is 1.25 bits per heavy atom. The van der Waals surface area contributed by atoms with Crippen LogP contribution in [-0.2, 0) is 4.79 Å². The number of carbonyl (C=O) groups is 1. The van der Waals surface area contributed by atoms with E-state index in [0.717, 1.165) is 11.1 Å². The normalized spacial score (nSPS) is 14.8. The first-order chi connectivity index (χ1) is 9.19. The highest BCUT2D eigenvalue weighted by Gasteiger charge is 2.25. The third-order valence-corrected chi connectivity index (χ3v) is 3.09. The monoisotopic (exact) mass is 279 g/mol. The van der Waals surface area contributed by atoms with Crippen LogP contribution < -0.4 is 5.32 Å². The van der Waals surface area contributed by atoms with E-state index >= 15 is 0 Å². The Morgan fingerprint density at radius 2 is 1.80 bits per heavy atom. The molecule has 112 valence electrons. The number of aliphatic carboxylic acids is 1. The molecule has 0 aliphatic carbocycles. The molecule has 0 aliphatic heterocycles. The van der Waals surface area contributed by atoms with Crippen molar-refractivity contribution in [2.24, 2.45) is 0 Å². The Kier molecular flexibility index (Phi) is 5.72. The van der Waals surface area contributed by atoms with Gasteiger partial charge in [0, 0.05) is 18.0 Å². The van der Waals surface area contributed by atoms with Gasteiger partial charge in [0.25, 0.3) is 0 Å². The summed E-state index contributed by atoms with van der Waals surface area (Å²) in [5.41, 5.74) is 1.75. The zero-order valence-electron chi connectivity index (χ0n) is 12.7. The lowest BCUT2D eigenvalue weighted by Crippen LogP contribution is -2.46. The Hall–Kier alpha value is -1.39. The van der Waals surface area contributed by atoms with Gasteiger partial charge in [-0.1, -0.05) is 29.8 Å². The first kappa shape index (κ1) is 16.7. The zero-order chi connectivity index (χ0) is 15.3. The Bertz CT molecular complexity index is 434. The number of carboxylic acid groups (broad SMARTS) is 1. The molecule has 20 heavy (non-hydrogen) atoms. The van der Waals surface area contributed by atoms with E-state index in [2.05, 4.69) is 5.32 Å². The quantitative estimate of drug-likeness (QED) is 0.748. The summed E-state index contributed by atoms with van der Waals surface area (Å²) < 4.78 is 0. The average Bonchev–Trinajstić information content (AvgIpc) is 2.33. The second kappa shape index (κ2) is 6.86. The Balaban J connectivity index is 2.84. The van der Waals surface area contributed by atoms with Gasteiger partial charge in [0.05, 0.1) is 6.10 Å². The maximum atomic E-state index is 10.8. The molecule has 0 bridgehead atoms. The molecule has 0 heterocycles. The molecule has 0 aromatic heterocycles. The molecule has 1 aromatic carbocycles. The summed E-state index contributed by atoms with van der Waals surface area (Å²) in [7, 11) is 0. The minimum atomic E-state index is -0.846. The highest BCUT2D eigenvalue weighted by Crippen LogP contribution is 2.22. The number of aryl methyl sites for hydroxylation is 1. The first-order valence-corrected chi connectivity index (χ1v) is 6.93. The van der Waals surface area contributed by atoms with Gasteiger partial charge in [-0.25, -0.2) is 0 Å². The van der Waals surface area contributed by atoms with Crippen LogP contribution in [0.1, 0.15) is 50.8 Å². The van der Waals surface area contributed by atoms with Crippen LogP contribution in [0.5, 0.6) is 0 Å². The third-order valence-electron chi connectivity index (χ3n) is 3.09. The van der Waals surface area contributed by atoms with Gasteiger partial charge in [0.1, 0.15) is 0 Å². The standard InChI is InChI=1S/C16H25NO3/c1-11-5-7-12(8-6-11)15(20)13(9-10-14(18)19)17-16(2,3)4/h5-8,13,15,17,20H,9-10H2,1-4H3,(H,18,19). The topological polar surface area (TPSA) is 69.6 Å². The number of aliphatic hydroxyl groups excluding tert-OH is 1. The maximum Gasteiger partial charge on any atom is 0.303 e. The minimum Gasteiger partial charge on any atom is -0.481 e. The molecule has 0 saturated heterocycles. The van der Waals surface area contributed by atoms with Crippen molar-refractivity contribution < 1.29 is 15.0 Å². The molecular formula is C16H25NO3. The van der Waals surface area contributed by atoms with Crippen molar-refractivity contribution >= 4 is 5.97 Å². The first-order valence-electron chi connectivity index (χ1n) is 6.93. The van der Waals surface area contributed by atoms with E-state index in [4.69, 9.17) is 5.11 Å². The molecule has 2 atom stereocenters. The predicted octanol–water partition coefficient (Wildman–Crippen LogP) is 2.65. The van der Waals surface area contributed by atoms with Crippen molar-refractivity contribution in [3.63, 3.8) is 0 Å². The van der Waals surface area contributed by atoms with Gasteiger partial charge < -0.3 is 15.5 Å². The lowest BCUT2D eigenvalue weighted by atomic mass is 9.95. The number of carboxylic acids is 1. The number of hydrogen-bond acceptors (Lipinski definition) is 3. The number of benzene rings is 1. The average molecular weight is 279 g/mol. The van der Waals surface area contributed by atoms with Crippen molar-refractivity contribution in [1.29, 1.82) is 0 Å². The van der Waals surface area contributed by atoms with E-state index in [1.165, 1.54) is 0 Å². The van der Waals surface area contributed by atoms with Crippen LogP contribution in [0, 0.1) is 6.92 Å². The predicted molar refractivity (Wildman–Crippen MR) is 79.7 cm³/mol. The van der Waals surface area contributed by atoms with Crippen molar-refractivity contribution in [3.8, 4) is 0 Å². The maximum absolute atomic E-state index is 10.8. The highest BCUT2D eigenvalue weighted by molar-refractivity contribution is 5.66. The molecule has 0 fully saturated rings. The SMILES string of the molecule is Cc1ccc(C(O)C(CCC(=O)O)NC(C)(C)C)cc1. The van der Waals surface area contributed by atoms with Crippen LogP contribution in [0.2, 0.25) is 0 Å². The fourth-order valence-electron chi connectivity index (χ4n) is 2.14. The summed E-state index contributed by atoms with van der Waals surface area (Å²) in [6.45, 7) is 8.00. The lowest BCUT2D eigenvalue weighted by Gasteiger charge is -2.32. The van der Waals surface area contributed by atoms with E-state index in [-0.39, 0.29) is 18.0 Å². The van der Waals surface area contributed by atoms with E-state index in [0.29, 0.717) is 6.42 Å². The van der Waals surface area contributed by atoms with Gasteiger partial charge in [-0.05, 0) is 39.7 Å². The second-order valence-corrected chi connectivity index (χ2v) is 6.29. The van der Waals surface area contributed by atoms with Crippen molar-refractivity contribution in [2.45, 2.75) is 58.2 Å². The minimum absolute atomic E-state index is 0.0384. The largest absolute Gasteiger partial charge is 0.481 e. The number of hydrogen-bond donors (Lipinski definition) is 3. The number of rotatable bonds is 6. The summed E-state index contributed by atoms with van der Waals surface area (Å²) >= 11 is 0. The molecule has 4 nitrogen and oxygen atoms in total. The Labute approximate surface area is 120 Å². The van der Waals surface area contributed by atoms with E-state index in [9.17, 15) is 9.90 Å². The van der Waals surface area contributed by atoms with Gasteiger partial charge >= 0.3 is 5.97 Å². The summed E-state index contributed by atoms with van der Waals surface area (Å²) in [5, 5.41) is 22.6. The molecule has 3 N–H and O–H groups in total. The molecule has 0 saturated carbocycles. The second-order valence-electron chi connectivity index (χ2n) is 6.29. The molecule has 4 heteroatoms. The van der Waals surface area contributed by atoms with E-state index < -0.39 is 12.1 Å². The van der Waals surface area contributed by atoms with Crippen molar-refractivity contribution in [3.05, 3.63) is 35.4 Å². The van der Waals surface area contributed by atoms with Gasteiger partial charge in [-0.3, -0.25) is 4.79 Å². The van der Waals surface area contributed by atoms with Crippen molar-refractivity contribution in [2.75, 3.05) is 0 Å². The molecule has 0 amide bonds. The summed E-state index contributed by atoms with van der Waals surface area (Å²) in [6.07, 6.45) is -0.285. The number of aliphatic hydroxyl groups is 1.